The highest BCUT2D eigenvalue weighted by molar-refractivity contribution is 5.87. The van der Waals surface area contributed by atoms with Crippen LogP contribution in [0.2, 0.25) is 0 Å². The van der Waals surface area contributed by atoms with Gasteiger partial charge in [0.15, 0.2) is 0 Å². The summed E-state index contributed by atoms with van der Waals surface area (Å²) in [5, 5.41) is 3.35. The van der Waals surface area contributed by atoms with Crippen molar-refractivity contribution in [2.45, 2.75) is 65.0 Å². The van der Waals surface area contributed by atoms with Gasteiger partial charge in [0.1, 0.15) is 6.04 Å². The van der Waals surface area contributed by atoms with Crippen LogP contribution in [0.15, 0.2) is 48.5 Å². The zero-order valence-corrected chi connectivity index (χ0v) is 16.9. The van der Waals surface area contributed by atoms with Gasteiger partial charge in [-0.05, 0) is 56.9 Å². The van der Waals surface area contributed by atoms with E-state index in [1.165, 1.54) is 30.4 Å². The number of anilines is 1. The number of rotatable bonds is 6. The molecule has 0 aromatic heterocycles. The molecule has 2 aromatic carbocycles. The Morgan fingerprint density at radius 1 is 1.04 bits per heavy atom. The molecule has 3 rings (SSSR count). The molecule has 27 heavy (non-hydrogen) atoms. The van der Waals surface area contributed by atoms with Crippen molar-refractivity contribution in [1.82, 2.24) is 5.32 Å². The Morgan fingerprint density at radius 2 is 1.74 bits per heavy atom. The van der Waals surface area contributed by atoms with Crippen molar-refractivity contribution in [3.8, 4) is 0 Å². The van der Waals surface area contributed by atoms with Gasteiger partial charge in [-0.3, -0.25) is 4.79 Å². The van der Waals surface area contributed by atoms with E-state index in [9.17, 15) is 4.79 Å². The number of carbonyl (C=O) groups is 1. The number of aryl methyl sites for hydroxylation is 2. The summed E-state index contributed by atoms with van der Waals surface area (Å²) in [7, 11) is 0. The summed E-state index contributed by atoms with van der Waals surface area (Å²) in [4.78, 5) is 15.6. The highest BCUT2D eigenvalue weighted by Crippen LogP contribution is 2.29. The fourth-order valence-electron chi connectivity index (χ4n) is 4.07. The molecule has 1 N–H and O–H groups in total. The molecule has 0 radical (unpaired) electrons. The van der Waals surface area contributed by atoms with Crippen molar-refractivity contribution in [3.63, 3.8) is 0 Å². The Labute approximate surface area is 163 Å². The normalized spacial score (nSPS) is 16.0. The smallest absolute Gasteiger partial charge is 0.247 e. The summed E-state index contributed by atoms with van der Waals surface area (Å²) in [6.45, 7) is 7.08. The maximum atomic E-state index is 13.4. The average molecular weight is 365 g/mol. The molecular weight excluding hydrogens is 332 g/mol. The highest BCUT2D eigenvalue weighted by Gasteiger charge is 2.29. The van der Waals surface area contributed by atoms with E-state index in [1.54, 1.807) is 0 Å². The molecule has 2 aromatic rings. The summed E-state index contributed by atoms with van der Waals surface area (Å²) in [6, 6.07) is 16.8. The van der Waals surface area contributed by atoms with Crippen molar-refractivity contribution in [2.75, 3.05) is 11.4 Å². The first-order valence-electron chi connectivity index (χ1n) is 10.3. The molecule has 0 saturated heterocycles. The Bertz CT molecular complexity index is 747. The molecular formula is C24H32N2O. The quantitative estimate of drug-likeness (QED) is 0.752. The Hall–Kier alpha value is -2.29. The number of nitrogens with zero attached hydrogens (tertiary/aromatic N) is 1. The monoisotopic (exact) mass is 364 g/mol. The van der Waals surface area contributed by atoms with Gasteiger partial charge in [-0.1, -0.05) is 61.2 Å². The second-order valence-corrected chi connectivity index (χ2v) is 7.78. The first-order chi connectivity index (χ1) is 13.1. The number of likely N-dealkylation sites (N-methyl/N-ethyl adjacent to an activating group) is 1. The predicted molar refractivity (Wildman–Crippen MR) is 113 cm³/mol. The summed E-state index contributed by atoms with van der Waals surface area (Å²) in [5.41, 5.74) is 4.57. The van der Waals surface area contributed by atoms with Gasteiger partial charge in [0, 0.05) is 18.3 Å². The minimum atomic E-state index is -0.306. The van der Waals surface area contributed by atoms with Crippen LogP contribution in [0.5, 0.6) is 0 Å². The third-order valence-electron chi connectivity index (χ3n) is 5.58. The van der Waals surface area contributed by atoms with E-state index in [0.717, 1.165) is 30.6 Å². The number of amides is 1. The first kappa shape index (κ1) is 19.5. The van der Waals surface area contributed by atoms with Gasteiger partial charge < -0.3 is 10.2 Å². The summed E-state index contributed by atoms with van der Waals surface area (Å²) >= 11 is 0. The lowest BCUT2D eigenvalue weighted by Gasteiger charge is -2.34. The van der Waals surface area contributed by atoms with Crippen LogP contribution in [0, 0.1) is 13.8 Å². The van der Waals surface area contributed by atoms with E-state index in [-0.39, 0.29) is 11.9 Å². The second-order valence-electron chi connectivity index (χ2n) is 7.78. The van der Waals surface area contributed by atoms with Gasteiger partial charge in [-0.15, -0.1) is 0 Å². The van der Waals surface area contributed by atoms with Gasteiger partial charge in [-0.2, -0.15) is 0 Å². The van der Waals surface area contributed by atoms with E-state index in [4.69, 9.17) is 0 Å². The molecule has 0 aliphatic heterocycles. The van der Waals surface area contributed by atoms with Gasteiger partial charge in [-0.25, -0.2) is 0 Å². The molecule has 1 aliphatic rings. The van der Waals surface area contributed by atoms with E-state index < -0.39 is 0 Å². The van der Waals surface area contributed by atoms with E-state index in [0.29, 0.717) is 6.04 Å². The molecule has 144 valence electrons. The Kier molecular flexibility index (Phi) is 6.54. The Morgan fingerprint density at radius 3 is 2.37 bits per heavy atom. The van der Waals surface area contributed by atoms with Crippen molar-refractivity contribution in [3.05, 3.63) is 65.2 Å². The zero-order chi connectivity index (χ0) is 19.2. The summed E-state index contributed by atoms with van der Waals surface area (Å²) in [5.74, 6) is 0.120. The van der Waals surface area contributed by atoms with Crippen LogP contribution in [-0.4, -0.2) is 18.5 Å². The van der Waals surface area contributed by atoms with Crippen LogP contribution in [0.3, 0.4) is 0 Å². The molecule has 1 fully saturated rings. The SMILES string of the molecule is CCN(c1cccc(C)c1)C(C(=O)NC1CCCCC1)c1ccc(C)cc1. The van der Waals surface area contributed by atoms with E-state index in [2.05, 4.69) is 79.5 Å². The molecule has 3 heteroatoms. The maximum absolute atomic E-state index is 13.4. The molecule has 1 amide bonds. The topological polar surface area (TPSA) is 32.3 Å². The zero-order valence-electron chi connectivity index (χ0n) is 16.9. The summed E-state index contributed by atoms with van der Waals surface area (Å²) < 4.78 is 0. The molecule has 1 saturated carbocycles. The van der Waals surface area contributed by atoms with Crippen LogP contribution >= 0.6 is 0 Å². The standard InChI is InChI=1S/C24H32N2O/c1-4-26(22-12-8-9-19(3)17-22)23(20-15-13-18(2)14-16-20)24(27)25-21-10-6-5-7-11-21/h8-9,12-17,21,23H,4-7,10-11H2,1-3H3,(H,25,27). The largest absolute Gasteiger partial charge is 0.356 e. The third kappa shape index (κ3) is 4.91. The summed E-state index contributed by atoms with van der Waals surface area (Å²) in [6.07, 6.45) is 5.93. The number of carbonyl (C=O) groups excluding carboxylic acids is 1. The fraction of sp³-hybridized carbons (Fsp3) is 0.458. The minimum Gasteiger partial charge on any atom is -0.356 e. The van der Waals surface area contributed by atoms with Crippen molar-refractivity contribution >= 4 is 11.6 Å². The van der Waals surface area contributed by atoms with Crippen LogP contribution in [0.4, 0.5) is 5.69 Å². The molecule has 0 heterocycles. The second kappa shape index (κ2) is 9.07. The molecule has 0 bridgehead atoms. The first-order valence-corrected chi connectivity index (χ1v) is 10.3. The maximum Gasteiger partial charge on any atom is 0.247 e. The van der Waals surface area contributed by atoms with Gasteiger partial charge in [0.25, 0.3) is 0 Å². The lowest BCUT2D eigenvalue weighted by molar-refractivity contribution is -0.123. The lowest BCUT2D eigenvalue weighted by atomic mass is 9.94. The highest BCUT2D eigenvalue weighted by atomic mass is 16.2. The van der Waals surface area contributed by atoms with Crippen molar-refractivity contribution < 1.29 is 4.79 Å². The molecule has 3 nitrogen and oxygen atoms in total. The molecule has 1 aliphatic carbocycles. The molecule has 1 atom stereocenters. The average Bonchev–Trinajstić information content (AvgIpc) is 2.67. The van der Waals surface area contributed by atoms with Gasteiger partial charge in [0.05, 0.1) is 0 Å². The lowest BCUT2D eigenvalue weighted by Crippen LogP contribution is -2.45. The molecule has 1 unspecified atom stereocenters. The van der Waals surface area contributed by atoms with Crippen LogP contribution in [0.1, 0.15) is 61.8 Å². The number of hydrogen-bond acceptors (Lipinski definition) is 2. The van der Waals surface area contributed by atoms with Crippen molar-refractivity contribution in [2.24, 2.45) is 0 Å². The van der Waals surface area contributed by atoms with Crippen LogP contribution < -0.4 is 10.2 Å². The van der Waals surface area contributed by atoms with Crippen LogP contribution in [-0.2, 0) is 4.79 Å². The number of nitrogens with one attached hydrogen (secondary N) is 1. The molecule has 0 spiro atoms. The number of hydrogen-bond donors (Lipinski definition) is 1. The Balaban J connectivity index is 1.92. The van der Waals surface area contributed by atoms with E-state index in [1.807, 2.05) is 0 Å². The fourth-order valence-corrected chi connectivity index (χ4v) is 4.07. The van der Waals surface area contributed by atoms with Crippen LogP contribution in [0.25, 0.3) is 0 Å². The van der Waals surface area contributed by atoms with E-state index >= 15 is 0 Å². The number of benzene rings is 2. The van der Waals surface area contributed by atoms with Crippen molar-refractivity contribution in [1.29, 1.82) is 0 Å². The van der Waals surface area contributed by atoms with Gasteiger partial charge >= 0.3 is 0 Å². The predicted octanol–water partition coefficient (Wildman–Crippen LogP) is 5.32. The minimum absolute atomic E-state index is 0.120. The third-order valence-corrected chi connectivity index (χ3v) is 5.58. The van der Waals surface area contributed by atoms with Gasteiger partial charge in [0.2, 0.25) is 5.91 Å².